The summed E-state index contributed by atoms with van der Waals surface area (Å²) >= 11 is 0. The molecule has 1 heterocycles. The van der Waals surface area contributed by atoms with Gasteiger partial charge >= 0.3 is 0 Å². The number of fused-ring (bicyclic) bond motifs is 1. The maximum atomic E-state index is 12.6. The van der Waals surface area contributed by atoms with Gasteiger partial charge in [-0.1, -0.05) is 39.7 Å². The molecule has 1 fully saturated rings. The van der Waals surface area contributed by atoms with Gasteiger partial charge in [0, 0.05) is 18.7 Å². The molecule has 1 aromatic rings. The van der Waals surface area contributed by atoms with Crippen molar-refractivity contribution in [2.75, 3.05) is 6.54 Å². The fourth-order valence-electron chi connectivity index (χ4n) is 4.58. The van der Waals surface area contributed by atoms with E-state index in [-0.39, 0.29) is 11.7 Å². The van der Waals surface area contributed by atoms with Crippen LogP contribution in [0.15, 0.2) is 18.2 Å². The van der Waals surface area contributed by atoms with E-state index in [0.29, 0.717) is 18.0 Å². The van der Waals surface area contributed by atoms with Crippen LogP contribution in [0.25, 0.3) is 0 Å². The Morgan fingerprint density at radius 1 is 1.12 bits per heavy atom. The van der Waals surface area contributed by atoms with Crippen LogP contribution in [-0.2, 0) is 6.54 Å². The largest absolute Gasteiger partial charge is 0.508 e. The van der Waals surface area contributed by atoms with E-state index in [2.05, 4.69) is 20.8 Å². The number of nitrogens with zero attached hydrogens (tertiary/aromatic N) is 1. The standard InChI is InChI=1S/C22H33NO2/c1-15(2)4-5-16(3)18-8-6-17(7-9-18)13-23-14-19-10-11-20(24)12-21(19)22(23)25/h10-12,15-18,24H,4-9,13-14H2,1-3H3. The first kappa shape index (κ1) is 18.3. The lowest BCUT2D eigenvalue weighted by Crippen LogP contribution is -2.32. The molecule has 3 heteroatoms. The molecule has 0 bridgehead atoms. The van der Waals surface area contributed by atoms with Crippen LogP contribution in [0.5, 0.6) is 5.75 Å². The summed E-state index contributed by atoms with van der Waals surface area (Å²) in [5.74, 6) is 3.44. The second kappa shape index (κ2) is 7.80. The van der Waals surface area contributed by atoms with E-state index in [1.165, 1.54) is 38.5 Å². The molecular weight excluding hydrogens is 310 g/mol. The van der Waals surface area contributed by atoms with Crippen molar-refractivity contribution in [3.63, 3.8) is 0 Å². The van der Waals surface area contributed by atoms with Crippen molar-refractivity contribution in [3.8, 4) is 5.75 Å². The molecule has 25 heavy (non-hydrogen) atoms. The molecule has 1 saturated carbocycles. The number of amides is 1. The third kappa shape index (κ3) is 4.37. The predicted octanol–water partition coefficient (Wildman–Crippen LogP) is 5.23. The van der Waals surface area contributed by atoms with Crippen LogP contribution in [0.1, 0.15) is 75.2 Å². The minimum Gasteiger partial charge on any atom is -0.508 e. The molecule has 1 aliphatic carbocycles. The summed E-state index contributed by atoms with van der Waals surface area (Å²) in [6.07, 6.45) is 7.84. The van der Waals surface area contributed by atoms with Crippen LogP contribution < -0.4 is 0 Å². The van der Waals surface area contributed by atoms with Crippen molar-refractivity contribution in [2.45, 2.75) is 65.8 Å². The number of phenolic OH excluding ortho intramolecular Hbond substituents is 1. The maximum Gasteiger partial charge on any atom is 0.254 e. The number of aromatic hydroxyl groups is 1. The lowest BCUT2D eigenvalue weighted by molar-refractivity contribution is 0.0720. The van der Waals surface area contributed by atoms with Crippen molar-refractivity contribution in [1.82, 2.24) is 4.90 Å². The number of carbonyl (C=O) groups is 1. The van der Waals surface area contributed by atoms with Crippen molar-refractivity contribution in [1.29, 1.82) is 0 Å². The second-order valence-corrected chi connectivity index (χ2v) is 8.76. The van der Waals surface area contributed by atoms with Gasteiger partial charge in [0.1, 0.15) is 5.75 Å². The van der Waals surface area contributed by atoms with Gasteiger partial charge in [0.05, 0.1) is 0 Å². The smallest absolute Gasteiger partial charge is 0.254 e. The predicted molar refractivity (Wildman–Crippen MR) is 102 cm³/mol. The van der Waals surface area contributed by atoms with Crippen molar-refractivity contribution < 1.29 is 9.90 Å². The molecule has 1 N–H and O–H groups in total. The Labute approximate surface area is 152 Å². The number of carbonyl (C=O) groups excluding carboxylic acids is 1. The van der Waals surface area contributed by atoms with Crippen LogP contribution in [-0.4, -0.2) is 22.5 Å². The highest BCUT2D eigenvalue weighted by Crippen LogP contribution is 2.37. The summed E-state index contributed by atoms with van der Waals surface area (Å²) < 4.78 is 0. The van der Waals surface area contributed by atoms with Gasteiger partial charge in [0.2, 0.25) is 0 Å². The normalized spacial score (nSPS) is 24.6. The molecule has 138 valence electrons. The lowest BCUT2D eigenvalue weighted by Gasteiger charge is -2.34. The van der Waals surface area contributed by atoms with Crippen LogP contribution in [0, 0.1) is 23.7 Å². The van der Waals surface area contributed by atoms with Gasteiger partial charge in [0.15, 0.2) is 0 Å². The van der Waals surface area contributed by atoms with Crippen molar-refractivity contribution >= 4 is 5.91 Å². The first-order valence-corrected chi connectivity index (χ1v) is 10.0. The molecule has 0 aromatic heterocycles. The van der Waals surface area contributed by atoms with E-state index in [0.717, 1.165) is 29.9 Å². The van der Waals surface area contributed by atoms with E-state index in [1.54, 1.807) is 12.1 Å². The summed E-state index contributed by atoms with van der Waals surface area (Å²) in [7, 11) is 0. The maximum absolute atomic E-state index is 12.6. The molecular formula is C22H33NO2. The summed E-state index contributed by atoms with van der Waals surface area (Å²) in [5.41, 5.74) is 1.75. The van der Waals surface area contributed by atoms with Gasteiger partial charge in [0.25, 0.3) is 5.91 Å². The zero-order chi connectivity index (χ0) is 18.0. The second-order valence-electron chi connectivity index (χ2n) is 8.76. The fraction of sp³-hybridized carbons (Fsp3) is 0.682. The van der Waals surface area contributed by atoms with Crippen LogP contribution in [0.3, 0.4) is 0 Å². The Morgan fingerprint density at radius 3 is 2.52 bits per heavy atom. The van der Waals surface area contributed by atoms with Crippen molar-refractivity contribution in [2.24, 2.45) is 23.7 Å². The third-order valence-electron chi connectivity index (χ3n) is 6.35. The highest BCUT2D eigenvalue weighted by atomic mass is 16.3. The van der Waals surface area contributed by atoms with Gasteiger partial charge in [-0.15, -0.1) is 0 Å². The average molecular weight is 344 g/mol. The molecule has 3 rings (SSSR count). The Balaban J connectivity index is 1.48. The minimum absolute atomic E-state index is 0.0957. The van der Waals surface area contributed by atoms with Gasteiger partial charge < -0.3 is 10.0 Å². The van der Waals surface area contributed by atoms with Gasteiger partial charge in [-0.3, -0.25) is 4.79 Å². The summed E-state index contributed by atoms with van der Waals surface area (Å²) in [6.45, 7) is 8.64. The van der Waals surface area contributed by atoms with E-state index >= 15 is 0 Å². The average Bonchev–Trinajstić information content (AvgIpc) is 2.89. The zero-order valence-electron chi connectivity index (χ0n) is 16.0. The Morgan fingerprint density at radius 2 is 1.84 bits per heavy atom. The van der Waals surface area contributed by atoms with Gasteiger partial charge in [-0.2, -0.15) is 0 Å². The quantitative estimate of drug-likeness (QED) is 0.768. The molecule has 1 amide bonds. The molecule has 0 spiro atoms. The third-order valence-corrected chi connectivity index (χ3v) is 6.35. The summed E-state index contributed by atoms with van der Waals surface area (Å²) in [6, 6.07) is 5.18. The first-order valence-electron chi connectivity index (χ1n) is 10.0. The zero-order valence-corrected chi connectivity index (χ0v) is 16.0. The molecule has 1 atom stereocenters. The van der Waals surface area contributed by atoms with Gasteiger partial charge in [-0.05, 0) is 67.1 Å². The Kier molecular flexibility index (Phi) is 5.71. The van der Waals surface area contributed by atoms with E-state index in [1.807, 2.05) is 11.0 Å². The minimum atomic E-state index is 0.0957. The van der Waals surface area contributed by atoms with Gasteiger partial charge in [-0.25, -0.2) is 0 Å². The molecule has 0 radical (unpaired) electrons. The van der Waals surface area contributed by atoms with Crippen molar-refractivity contribution in [3.05, 3.63) is 29.3 Å². The molecule has 3 nitrogen and oxygen atoms in total. The molecule has 0 saturated heterocycles. The van der Waals surface area contributed by atoms with Crippen LogP contribution in [0.4, 0.5) is 0 Å². The van der Waals surface area contributed by atoms with E-state index in [9.17, 15) is 9.90 Å². The SMILES string of the molecule is CC(C)CCC(C)C1CCC(CN2Cc3ccc(O)cc3C2=O)CC1. The monoisotopic (exact) mass is 343 g/mol. The lowest BCUT2D eigenvalue weighted by atomic mass is 9.74. The Hall–Kier alpha value is -1.51. The number of rotatable bonds is 6. The molecule has 1 aromatic carbocycles. The van der Waals surface area contributed by atoms with Crippen LogP contribution in [0.2, 0.25) is 0 Å². The molecule has 2 aliphatic rings. The summed E-state index contributed by atoms with van der Waals surface area (Å²) in [5, 5.41) is 9.61. The fourth-order valence-corrected chi connectivity index (χ4v) is 4.58. The molecule has 1 aliphatic heterocycles. The number of benzene rings is 1. The highest BCUT2D eigenvalue weighted by molar-refractivity contribution is 5.98. The highest BCUT2D eigenvalue weighted by Gasteiger charge is 2.31. The first-order chi connectivity index (χ1) is 11.9. The molecule has 1 unspecified atom stereocenters. The number of hydrogen-bond acceptors (Lipinski definition) is 2. The van der Waals surface area contributed by atoms with Crippen LogP contribution >= 0.6 is 0 Å². The van der Waals surface area contributed by atoms with E-state index < -0.39 is 0 Å². The Bertz CT molecular complexity index is 602. The van der Waals surface area contributed by atoms with E-state index in [4.69, 9.17) is 0 Å². The topological polar surface area (TPSA) is 40.5 Å². The number of phenols is 1. The number of hydrogen-bond donors (Lipinski definition) is 1. The summed E-state index contributed by atoms with van der Waals surface area (Å²) in [4.78, 5) is 14.5.